The highest BCUT2D eigenvalue weighted by atomic mass is 19.4. The zero-order valence-corrected chi connectivity index (χ0v) is 28.8. The summed E-state index contributed by atoms with van der Waals surface area (Å²) in [6.07, 6.45) is -9.60. The number of aromatic nitrogens is 4. The minimum absolute atomic E-state index is 0.203. The van der Waals surface area contributed by atoms with Crippen LogP contribution >= 0.6 is 0 Å². The maximum absolute atomic E-state index is 14.3. The van der Waals surface area contributed by atoms with Crippen molar-refractivity contribution >= 4 is 22.1 Å². The summed E-state index contributed by atoms with van der Waals surface area (Å²) >= 11 is 0. The van der Waals surface area contributed by atoms with Crippen LogP contribution in [0.1, 0.15) is 22.3 Å². The fourth-order valence-electron chi connectivity index (χ4n) is 6.77. The number of hydrogen-bond donors (Lipinski definition) is 0. The molecule has 0 fully saturated rings. The molecule has 0 radical (unpaired) electrons. The van der Waals surface area contributed by atoms with E-state index >= 15 is 0 Å². The van der Waals surface area contributed by atoms with Crippen LogP contribution in [0.5, 0.6) is 0 Å². The van der Waals surface area contributed by atoms with Crippen LogP contribution in [0.3, 0.4) is 0 Å². The van der Waals surface area contributed by atoms with Crippen molar-refractivity contribution in [3.63, 3.8) is 0 Å². The lowest BCUT2D eigenvalue weighted by Gasteiger charge is -2.18. The van der Waals surface area contributed by atoms with E-state index in [2.05, 4.69) is 9.97 Å². The van der Waals surface area contributed by atoms with Gasteiger partial charge >= 0.3 is 12.4 Å². The Morgan fingerprint density at radius 2 is 0.667 bits per heavy atom. The van der Waals surface area contributed by atoms with Crippen LogP contribution in [-0.4, -0.2) is 19.9 Å². The average molecular weight is 727 g/mol. The van der Waals surface area contributed by atoms with Crippen LogP contribution in [0.4, 0.5) is 26.3 Å². The third-order valence-electron chi connectivity index (χ3n) is 9.44. The Morgan fingerprint density at radius 3 is 1.04 bits per heavy atom. The summed E-state index contributed by atoms with van der Waals surface area (Å²) in [6.45, 7) is 4.05. The van der Waals surface area contributed by atoms with Gasteiger partial charge in [-0.25, -0.2) is 19.9 Å². The van der Waals surface area contributed by atoms with Crippen molar-refractivity contribution in [3.8, 4) is 56.2 Å². The number of nitrogens with zero attached hydrogens (tertiary/aromatic N) is 4. The van der Waals surface area contributed by atoms with E-state index in [4.69, 9.17) is 9.97 Å². The Kier molecular flexibility index (Phi) is 8.48. The fourth-order valence-corrected chi connectivity index (χ4v) is 6.77. The number of hydrogen-bond acceptors (Lipinski definition) is 4. The van der Waals surface area contributed by atoms with E-state index in [0.717, 1.165) is 51.3 Å². The van der Waals surface area contributed by atoms with Crippen LogP contribution < -0.4 is 0 Å². The summed E-state index contributed by atoms with van der Waals surface area (Å²) in [5, 5.41) is 0. The highest BCUT2D eigenvalue weighted by molar-refractivity contribution is 5.93. The standard InChI is InChI=1S/C44H28F6N4/c1-25-11-3-5-13-29(25)39-40(30-14-6-4-12-26(30)2)53-37-23-27(19-21-35(37)51-39)28-20-22-36-38(24-28)54-42(32-16-8-10-18-34(32)44(48,49)50)41(52-36)31-15-7-9-17-33(31)43(45,46)47/h3-24H,1-2H3. The lowest BCUT2D eigenvalue weighted by molar-refractivity contribution is -0.138. The molecule has 0 bridgehead atoms. The van der Waals surface area contributed by atoms with E-state index in [0.29, 0.717) is 16.6 Å². The quantitative estimate of drug-likeness (QED) is 0.166. The zero-order valence-electron chi connectivity index (χ0n) is 28.8. The van der Waals surface area contributed by atoms with Crippen molar-refractivity contribution < 1.29 is 26.3 Å². The molecule has 0 aliphatic heterocycles. The normalized spacial score (nSPS) is 12.1. The lowest BCUT2D eigenvalue weighted by atomic mass is 9.95. The molecule has 6 aromatic carbocycles. The predicted molar refractivity (Wildman–Crippen MR) is 199 cm³/mol. The highest BCUT2D eigenvalue weighted by Gasteiger charge is 2.37. The number of rotatable bonds is 5. The van der Waals surface area contributed by atoms with Crippen molar-refractivity contribution in [2.24, 2.45) is 0 Å². The lowest BCUT2D eigenvalue weighted by Crippen LogP contribution is -2.10. The monoisotopic (exact) mass is 726 g/mol. The maximum Gasteiger partial charge on any atom is 0.417 e. The van der Waals surface area contributed by atoms with Crippen molar-refractivity contribution in [2.75, 3.05) is 0 Å². The Hall–Kier alpha value is -6.42. The highest BCUT2D eigenvalue weighted by Crippen LogP contribution is 2.44. The van der Waals surface area contributed by atoms with Crippen LogP contribution in [0.2, 0.25) is 0 Å². The molecule has 2 heterocycles. The second kappa shape index (κ2) is 13.2. The van der Waals surface area contributed by atoms with E-state index in [9.17, 15) is 26.3 Å². The second-order valence-corrected chi connectivity index (χ2v) is 13.0. The molecular formula is C44H28F6N4. The molecule has 0 spiro atoms. The molecule has 54 heavy (non-hydrogen) atoms. The molecule has 0 atom stereocenters. The first kappa shape index (κ1) is 34.7. The summed E-state index contributed by atoms with van der Waals surface area (Å²) in [7, 11) is 0. The van der Waals surface area contributed by atoms with E-state index in [1.54, 1.807) is 18.2 Å². The first-order valence-electron chi connectivity index (χ1n) is 17.0. The third-order valence-corrected chi connectivity index (χ3v) is 9.44. The molecule has 4 nitrogen and oxygen atoms in total. The van der Waals surface area contributed by atoms with Crippen LogP contribution in [0.25, 0.3) is 78.2 Å². The van der Waals surface area contributed by atoms with Gasteiger partial charge in [0, 0.05) is 22.3 Å². The topological polar surface area (TPSA) is 51.6 Å². The van der Waals surface area contributed by atoms with Gasteiger partial charge in [-0.2, -0.15) is 26.3 Å². The smallest absolute Gasteiger partial charge is 0.244 e. The molecular weight excluding hydrogens is 698 g/mol. The van der Waals surface area contributed by atoms with Crippen LogP contribution in [0, 0.1) is 13.8 Å². The van der Waals surface area contributed by atoms with Crippen molar-refractivity contribution in [1.82, 2.24) is 19.9 Å². The van der Waals surface area contributed by atoms with Gasteiger partial charge in [0.05, 0.1) is 56.0 Å². The van der Waals surface area contributed by atoms with Gasteiger partial charge in [-0.1, -0.05) is 97.1 Å². The summed E-state index contributed by atoms with van der Waals surface area (Å²) in [6, 6.07) is 35.9. The third kappa shape index (κ3) is 6.33. The number of fused-ring (bicyclic) bond motifs is 2. The molecule has 266 valence electrons. The molecule has 0 saturated heterocycles. The summed E-state index contributed by atoms with van der Waals surface area (Å²) in [5.41, 5.74) is 5.06. The van der Waals surface area contributed by atoms with Crippen molar-refractivity contribution in [3.05, 3.63) is 156 Å². The molecule has 0 N–H and O–H groups in total. The molecule has 0 saturated carbocycles. The van der Waals surface area contributed by atoms with Crippen LogP contribution in [-0.2, 0) is 12.4 Å². The minimum Gasteiger partial charge on any atom is -0.244 e. The Bertz CT molecular complexity index is 2740. The van der Waals surface area contributed by atoms with Gasteiger partial charge in [0.1, 0.15) is 0 Å². The van der Waals surface area contributed by atoms with E-state index in [-0.39, 0.29) is 33.5 Å². The zero-order chi connectivity index (χ0) is 37.8. The van der Waals surface area contributed by atoms with E-state index in [1.807, 2.05) is 80.6 Å². The molecule has 10 heteroatoms. The first-order valence-corrected chi connectivity index (χ1v) is 17.0. The molecule has 2 aromatic heterocycles. The molecule has 0 aliphatic carbocycles. The Morgan fingerprint density at radius 1 is 0.352 bits per heavy atom. The van der Waals surface area contributed by atoms with Gasteiger partial charge in [0.15, 0.2) is 0 Å². The van der Waals surface area contributed by atoms with Crippen LogP contribution in [0.15, 0.2) is 133 Å². The number of halogens is 6. The van der Waals surface area contributed by atoms with Crippen molar-refractivity contribution in [1.29, 1.82) is 0 Å². The first-order chi connectivity index (χ1) is 25.9. The number of aryl methyl sites for hydroxylation is 2. The summed E-state index contributed by atoms with van der Waals surface area (Å²) in [4.78, 5) is 19.4. The van der Waals surface area contributed by atoms with Gasteiger partial charge in [0.2, 0.25) is 0 Å². The largest absolute Gasteiger partial charge is 0.417 e. The molecule has 8 aromatic rings. The molecule has 0 aliphatic rings. The second-order valence-electron chi connectivity index (χ2n) is 13.0. The fraction of sp³-hybridized carbons (Fsp3) is 0.0909. The molecule has 0 unspecified atom stereocenters. The number of alkyl halides is 6. The van der Waals surface area contributed by atoms with Gasteiger partial charge in [-0.3, -0.25) is 0 Å². The van der Waals surface area contributed by atoms with Gasteiger partial charge < -0.3 is 0 Å². The van der Waals surface area contributed by atoms with E-state index in [1.165, 1.54) is 36.4 Å². The van der Waals surface area contributed by atoms with Gasteiger partial charge in [-0.15, -0.1) is 0 Å². The van der Waals surface area contributed by atoms with Gasteiger partial charge in [-0.05, 0) is 72.5 Å². The number of benzene rings is 6. The SMILES string of the molecule is Cc1ccccc1-c1nc2ccc(-c3ccc4nc(-c5ccccc5C(F)(F)F)c(-c5ccccc5C(F)(F)F)nc4c3)cc2nc1-c1ccccc1C. The summed E-state index contributed by atoms with van der Waals surface area (Å²) < 4.78 is 85.7. The predicted octanol–water partition coefficient (Wildman–Crippen LogP) is 12.6. The Labute approximate surface area is 305 Å². The van der Waals surface area contributed by atoms with Crippen molar-refractivity contribution in [2.45, 2.75) is 26.2 Å². The maximum atomic E-state index is 14.3. The van der Waals surface area contributed by atoms with Gasteiger partial charge in [0.25, 0.3) is 0 Å². The average Bonchev–Trinajstić information content (AvgIpc) is 3.16. The molecule has 0 amide bonds. The minimum atomic E-state index is -4.81. The molecule has 8 rings (SSSR count). The van der Waals surface area contributed by atoms with E-state index < -0.39 is 23.5 Å². The Balaban J connectivity index is 1.32. The summed E-state index contributed by atoms with van der Waals surface area (Å²) in [5.74, 6) is 0.